The van der Waals surface area contributed by atoms with Gasteiger partial charge in [0.25, 0.3) is 0 Å². The van der Waals surface area contributed by atoms with Crippen molar-refractivity contribution in [1.29, 1.82) is 0 Å². The van der Waals surface area contributed by atoms with Crippen LogP contribution in [0.4, 0.5) is 0 Å². The number of nitrogens with one attached hydrogen (secondary N) is 2. The molecule has 0 bridgehead atoms. The molecule has 2 N–H and O–H groups in total. The zero-order valence-corrected chi connectivity index (χ0v) is 19.1. The van der Waals surface area contributed by atoms with Crippen molar-refractivity contribution in [3.63, 3.8) is 0 Å². The molecule has 0 aliphatic carbocycles. The molecule has 2 rings (SSSR count). The Morgan fingerprint density at radius 3 is 2.61 bits per heavy atom. The summed E-state index contributed by atoms with van der Waals surface area (Å²) in [6, 6.07) is 14.1. The Hall–Kier alpha value is -1.58. The van der Waals surface area contributed by atoms with Gasteiger partial charge in [-0.1, -0.05) is 37.3 Å². The van der Waals surface area contributed by atoms with Crippen LogP contribution in [0.2, 0.25) is 0 Å². The van der Waals surface area contributed by atoms with Crippen molar-refractivity contribution in [2.45, 2.75) is 20.0 Å². The summed E-state index contributed by atoms with van der Waals surface area (Å²) in [4.78, 5) is 4.67. The van der Waals surface area contributed by atoms with Crippen LogP contribution in [0, 0.1) is 5.92 Å². The van der Waals surface area contributed by atoms with Crippen LogP contribution >= 0.6 is 24.0 Å². The van der Waals surface area contributed by atoms with Crippen LogP contribution in [0.3, 0.4) is 0 Å². The van der Waals surface area contributed by atoms with Gasteiger partial charge in [0.2, 0.25) is 0 Å². The number of hydrogen-bond acceptors (Lipinski definition) is 4. The van der Waals surface area contributed by atoms with Crippen molar-refractivity contribution in [2.75, 3.05) is 40.0 Å². The van der Waals surface area contributed by atoms with Crippen LogP contribution in [0.5, 0.6) is 0 Å². The predicted octanol–water partition coefficient (Wildman–Crippen LogP) is 3.47. The molecule has 1 aromatic carbocycles. The van der Waals surface area contributed by atoms with Crippen LogP contribution in [0.25, 0.3) is 0 Å². The van der Waals surface area contributed by atoms with Crippen molar-refractivity contribution < 1.29 is 13.9 Å². The van der Waals surface area contributed by atoms with Gasteiger partial charge in [0.05, 0.1) is 26.1 Å². The summed E-state index contributed by atoms with van der Waals surface area (Å²) in [5, 5.41) is 6.62. The fourth-order valence-electron chi connectivity index (χ4n) is 2.46. The number of rotatable bonds is 12. The number of benzene rings is 1. The molecule has 156 valence electrons. The lowest BCUT2D eigenvalue weighted by Crippen LogP contribution is -2.40. The second kappa shape index (κ2) is 15.4. The highest BCUT2D eigenvalue weighted by Crippen LogP contribution is 2.04. The first-order valence-corrected chi connectivity index (χ1v) is 9.43. The lowest BCUT2D eigenvalue weighted by molar-refractivity contribution is 0.0945. The highest BCUT2D eigenvalue weighted by Gasteiger charge is 2.05. The van der Waals surface area contributed by atoms with E-state index < -0.39 is 0 Å². The molecule has 6 nitrogen and oxygen atoms in total. The van der Waals surface area contributed by atoms with Gasteiger partial charge in [0.1, 0.15) is 5.76 Å². The van der Waals surface area contributed by atoms with E-state index in [9.17, 15) is 0 Å². The molecule has 0 fully saturated rings. The molecule has 1 aromatic heterocycles. The third-order valence-corrected chi connectivity index (χ3v) is 3.92. The molecule has 2 aromatic rings. The van der Waals surface area contributed by atoms with Crippen molar-refractivity contribution >= 4 is 29.9 Å². The Morgan fingerprint density at radius 2 is 1.89 bits per heavy atom. The Bertz CT molecular complexity index is 636. The van der Waals surface area contributed by atoms with Gasteiger partial charge in [-0.2, -0.15) is 0 Å². The molecule has 0 saturated heterocycles. The number of aliphatic imine (C=N–C) groups is 1. The standard InChI is InChI=1S/C21H31N3O3.HI/c1-18(16-26-17-19-7-4-3-5-8-19)15-24-21(23-12-14-25-2)22-11-10-20-9-6-13-27-20;/h3-9,13,18H,10-12,14-17H2,1-2H3,(H2,22,23,24);1H. The minimum absolute atomic E-state index is 0. The topological polar surface area (TPSA) is 68.0 Å². The van der Waals surface area contributed by atoms with E-state index >= 15 is 0 Å². The average Bonchev–Trinajstić information content (AvgIpc) is 3.20. The van der Waals surface area contributed by atoms with Crippen LogP contribution in [-0.4, -0.2) is 45.9 Å². The largest absolute Gasteiger partial charge is 0.469 e. The summed E-state index contributed by atoms with van der Waals surface area (Å²) in [6.45, 7) is 6.25. The van der Waals surface area contributed by atoms with Gasteiger partial charge in [0.15, 0.2) is 5.96 Å². The van der Waals surface area contributed by atoms with Gasteiger partial charge in [-0.25, -0.2) is 0 Å². The maximum Gasteiger partial charge on any atom is 0.191 e. The molecular formula is C21H32IN3O3. The maximum atomic E-state index is 5.80. The second-order valence-corrected chi connectivity index (χ2v) is 6.47. The third-order valence-electron chi connectivity index (χ3n) is 3.92. The van der Waals surface area contributed by atoms with Crippen molar-refractivity contribution in [3.05, 3.63) is 60.1 Å². The first-order chi connectivity index (χ1) is 13.3. The summed E-state index contributed by atoms with van der Waals surface area (Å²) in [5.74, 6) is 2.08. The van der Waals surface area contributed by atoms with Crippen molar-refractivity contribution in [3.8, 4) is 0 Å². The van der Waals surface area contributed by atoms with E-state index in [0.29, 0.717) is 38.8 Å². The van der Waals surface area contributed by atoms with Crippen LogP contribution in [0.15, 0.2) is 58.1 Å². The predicted molar refractivity (Wildman–Crippen MR) is 123 cm³/mol. The van der Waals surface area contributed by atoms with E-state index in [1.807, 2.05) is 30.3 Å². The molecule has 0 aliphatic rings. The summed E-state index contributed by atoms with van der Waals surface area (Å²) < 4.78 is 16.3. The monoisotopic (exact) mass is 501 g/mol. The SMILES string of the molecule is COCCNC(=NCC(C)COCc1ccccc1)NCCc1ccco1.I. The molecule has 7 heteroatoms. The van der Waals surface area contributed by atoms with E-state index in [1.54, 1.807) is 13.4 Å². The van der Waals surface area contributed by atoms with Gasteiger partial charge in [0, 0.05) is 33.2 Å². The van der Waals surface area contributed by atoms with Gasteiger partial charge in [-0.3, -0.25) is 4.99 Å². The smallest absolute Gasteiger partial charge is 0.191 e. The number of halogens is 1. The molecule has 28 heavy (non-hydrogen) atoms. The summed E-state index contributed by atoms with van der Waals surface area (Å²) in [7, 11) is 1.69. The first kappa shape index (κ1) is 24.5. The van der Waals surface area contributed by atoms with E-state index in [0.717, 1.165) is 24.7 Å². The second-order valence-electron chi connectivity index (χ2n) is 6.47. The van der Waals surface area contributed by atoms with E-state index in [1.165, 1.54) is 5.56 Å². The summed E-state index contributed by atoms with van der Waals surface area (Å²) in [5.41, 5.74) is 1.19. The van der Waals surface area contributed by atoms with E-state index in [2.05, 4.69) is 34.7 Å². The fourth-order valence-corrected chi connectivity index (χ4v) is 2.46. The van der Waals surface area contributed by atoms with Crippen molar-refractivity contribution in [1.82, 2.24) is 10.6 Å². The fraction of sp³-hybridized carbons (Fsp3) is 0.476. The first-order valence-electron chi connectivity index (χ1n) is 9.43. The normalized spacial score (nSPS) is 12.3. The highest BCUT2D eigenvalue weighted by molar-refractivity contribution is 14.0. The van der Waals surface area contributed by atoms with Gasteiger partial charge in [-0.15, -0.1) is 24.0 Å². The Labute approximate surface area is 185 Å². The van der Waals surface area contributed by atoms with Gasteiger partial charge in [-0.05, 0) is 23.6 Å². The molecule has 1 heterocycles. The quantitative estimate of drug-likeness (QED) is 0.202. The van der Waals surface area contributed by atoms with Crippen LogP contribution in [-0.2, 0) is 22.5 Å². The number of guanidine groups is 1. The number of nitrogens with zero attached hydrogens (tertiary/aromatic N) is 1. The lowest BCUT2D eigenvalue weighted by atomic mass is 10.2. The Balaban J connectivity index is 0.00000392. The Kier molecular flexibility index (Phi) is 13.4. The molecule has 0 aliphatic heterocycles. The number of methoxy groups -OCH3 is 1. The molecule has 1 unspecified atom stereocenters. The zero-order chi connectivity index (χ0) is 19.2. The number of ether oxygens (including phenoxy) is 2. The molecule has 1 atom stereocenters. The molecular weight excluding hydrogens is 469 g/mol. The number of furan rings is 1. The highest BCUT2D eigenvalue weighted by atomic mass is 127. The van der Waals surface area contributed by atoms with E-state index in [4.69, 9.17) is 13.9 Å². The molecule has 0 spiro atoms. The summed E-state index contributed by atoms with van der Waals surface area (Å²) in [6.07, 6.45) is 2.51. The molecule has 0 amide bonds. The van der Waals surface area contributed by atoms with Crippen LogP contribution in [0.1, 0.15) is 18.2 Å². The van der Waals surface area contributed by atoms with Gasteiger partial charge >= 0.3 is 0 Å². The van der Waals surface area contributed by atoms with Crippen LogP contribution < -0.4 is 10.6 Å². The third kappa shape index (κ3) is 10.7. The van der Waals surface area contributed by atoms with Gasteiger partial charge < -0.3 is 24.5 Å². The lowest BCUT2D eigenvalue weighted by Gasteiger charge is -2.14. The Morgan fingerprint density at radius 1 is 1.11 bits per heavy atom. The maximum absolute atomic E-state index is 5.80. The zero-order valence-electron chi connectivity index (χ0n) is 16.7. The number of hydrogen-bond donors (Lipinski definition) is 2. The minimum Gasteiger partial charge on any atom is -0.469 e. The van der Waals surface area contributed by atoms with E-state index in [-0.39, 0.29) is 24.0 Å². The summed E-state index contributed by atoms with van der Waals surface area (Å²) >= 11 is 0. The molecule has 0 saturated carbocycles. The average molecular weight is 501 g/mol. The minimum atomic E-state index is 0. The van der Waals surface area contributed by atoms with Crippen molar-refractivity contribution in [2.24, 2.45) is 10.9 Å². The molecule has 0 radical (unpaired) electrons.